The van der Waals surface area contributed by atoms with Gasteiger partial charge in [-0.05, 0) is 30.3 Å². The molecule has 0 radical (unpaired) electrons. The van der Waals surface area contributed by atoms with Crippen molar-refractivity contribution in [3.63, 3.8) is 0 Å². The van der Waals surface area contributed by atoms with E-state index in [4.69, 9.17) is 4.74 Å². The van der Waals surface area contributed by atoms with Crippen LogP contribution < -0.4 is 5.32 Å². The number of nitrogens with one attached hydrogen (secondary N) is 1. The zero-order valence-electron chi connectivity index (χ0n) is 12.3. The fourth-order valence-electron chi connectivity index (χ4n) is 2.40. The van der Waals surface area contributed by atoms with E-state index in [9.17, 15) is 4.79 Å². The monoisotopic (exact) mass is 295 g/mol. The third-order valence-electron chi connectivity index (χ3n) is 3.50. The Kier molecular flexibility index (Phi) is 4.16. The van der Waals surface area contributed by atoms with Crippen LogP contribution in [0.1, 0.15) is 10.5 Å². The van der Waals surface area contributed by atoms with Crippen molar-refractivity contribution >= 4 is 22.5 Å². The second-order valence-corrected chi connectivity index (χ2v) is 4.91. The van der Waals surface area contributed by atoms with Gasteiger partial charge in [0.2, 0.25) is 0 Å². The van der Waals surface area contributed by atoms with Gasteiger partial charge >= 0.3 is 0 Å². The van der Waals surface area contributed by atoms with Gasteiger partial charge in [-0.3, -0.25) is 9.78 Å². The highest BCUT2D eigenvalue weighted by molar-refractivity contribution is 6.07. The molecule has 0 fully saturated rings. The minimum absolute atomic E-state index is 0.210. The fourth-order valence-corrected chi connectivity index (χ4v) is 2.40. The number of ether oxygens (including phenoxy) is 1. The average Bonchev–Trinajstić information content (AvgIpc) is 2.98. The third-order valence-corrected chi connectivity index (χ3v) is 3.50. The van der Waals surface area contributed by atoms with E-state index in [1.165, 1.54) is 0 Å². The largest absolute Gasteiger partial charge is 0.383 e. The lowest BCUT2D eigenvalue weighted by Gasteiger charge is -2.08. The molecule has 5 nitrogen and oxygen atoms in total. The molecule has 1 amide bonds. The van der Waals surface area contributed by atoms with E-state index in [0.29, 0.717) is 12.3 Å². The molecule has 22 heavy (non-hydrogen) atoms. The summed E-state index contributed by atoms with van der Waals surface area (Å²) < 4.78 is 7.22. The number of methoxy groups -OCH3 is 1. The van der Waals surface area contributed by atoms with Crippen LogP contribution in [-0.4, -0.2) is 29.2 Å². The summed E-state index contributed by atoms with van der Waals surface area (Å²) >= 11 is 0. The smallest absolute Gasteiger partial charge is 0.274 e. The molecule has 1 aromatic carbocycles. The van der Waals surface area contributed by atoms with Crippen LogP contribution in [0.4, 0.5) is 5.69 Å². The summed E-state index contributed by atoms with van der Waals surface area (Å²) in [5.74, 6) is -0.210. The summed E-state index contributed by atoms with van der Waals surface area (Å²) in [6.07, 6.45) is 3.61. The lowest BCUT2D eigenvalue weighted by Crippen LogP contribution is -2.13. The number of carbonyl (C=O) groups excluding carboxylic acids is 1. The molecule has 3 rings (SSSR count). The number of carbonyl (C=O) groups is 1. The van der Waals surface area contributed by atoms with Crippen LogP contribution in [0.25, 0.3) is 10.9 Å². The van der Waals surface area contributed by atoms with Gasteiger partial charge in [-0.25, -0.2) is 0 Å². The summed E-state index contributed by atoms with van der Waals surface area (Å²) in [7, 11) is 1.68. The molecular formula is C17H17N3O2. The van der Waals surface area contributed by atoms with E-state index in [0.717, 1.165) is 23.1 Å². The van der Waals surface area contributed by atoms with Crippen molar-refractivity contribution in [3.8, 4) is 0 Å². The summed E-state index contributed by atoms with van der Waals surface area (Å²) in [4.78, 5) is 16.3. The SMILES string of the molecule is COCCn1ccc2c(NC(=O)c3ccccn3)cccc21. The van der Waals surface area contributed by atoms with Crippen molar-refractivity contribution in [2.75, 3.05) is 19.0 Å². The predicted octanol–water partition coefficient (Wildman–Crippen LogP) is 2.94. The van der Waals surface area contributed by atoms with Crippen LogP contribution in [0.3, 0.4) is 0 Å². The first-order valence-electron chi connectivity index (χ1n) is 7.09. The van der Waals surface area contributed by atoms with Crippen LogP contribution in [0.15, 0.2) is 54.9 Å². The highest BCUT2D eigenvalue weighted by Crippen LogP contribution is 2.25. The minimum Gasteiger partial charge on any atom is -0.383 e. The third kappa shape index (κ3) is 2.84. The Labute approximate surface area is 128 Å². The molecule has 5 heteroatoms. The molecule has 0 bridgehead atoms. The van der Waals surface area contributed by atoms with E-state index in [1.807, 2.05) is 30.5 Å². The number of aromatic nitrogens is 2. The Morgan fingerprint density at radius 2 is 2.14 bits per heavy atom. The number of nitrogens with zero attached hydrogens (tertiary/aromatic N) is 2. The molecule has 0 spiro atoms. The Bertz CT molecular complexity index is 781. The summed E-state index contributed by atoms with van der Waals surface area (Å²) in [5, 5.41) is 3.93. The average molecular weight is 295 g/mol. The molecule has 3 aromatic rings. The van der Waals surface area contributed by atoms with Crippen molar-refractivity contribution in [3.05, 3.63) is 60.6 Å². The van der Waals surface area contributed by atoms with Gasteiger partial charge in [0.25, 0.3) is 5.91 Å². The van der Waals surface area contributed by atoms with Crippen LogP contribution in [0.2, 0.25) is 0 Å². The molecule has 0 unspecified atom stereocenters. The lowest BCUT2D eigenvalue weighted by atomic mass is 10.2. The van der Waals surface area contributed by atoms with Gasteiger partial charge in [-0.1, -0.05) is 12.1 Å². The molecule has 112 valence electrons. The Morgan fingerprint density at radius 1 is 1.23 bits per heavy atom. The van der Waals surface area contributed by atoms with Crippen molar-refractivity contribution in [2.45, 2.75) is 6.54 Å². The number of benzene rings is 1. The predicted molar refractivity (Wildman–Crippen MR) is 86.0 cm³/mol. The van der Waals surface area contributed by atoms with Gasteiger partial charge in [0.05, 0.1) is 17.8 Å². The van der Waals surface area contributed by atoms with E-state index in [-0.39, 0.29) is 5.91 Å². The highest BCUT2D eigenvalue weighted by Gasteiger charge is 2.10. The van der Waals surface area contributed by atoms with Gasteiger partial charge < -0.3 is 14.6 Å². The number of anilines is 1. The maximum absolute atomic E-state index is 12.2. The van der Waals surface area contributed by atoms with E-state index in [2.05, 4.69) is 14.9 Å². The van der Waals surface area contributed by atoms with Crippen LogP contribution >= 0.6 is 0 Å². The normalized spacial score (nSPS) is 10.8. The first-order chi connectivity index (χ1) is 10.8. The summed E-state index contributed by atoms with van der Waals surface area (Å²) in [6, 6.07) is 13.1. The molecule has 0 aliphatic rings. The van der Waals surface area contributed by atoms with Gasteiger partial charge in [0, 0.05) is 31.4 Å². The number of pyridine rings is 1. The van der Waals surface area contributed by atoms with Gasteiger partial charge in [-0.15, -0.1) is 0 Å². The number of amides is 1. The van der Waals surface area contributed by atoms with Crippen molar-refractivity contribution in [1.29, 1.82) is 0 Å². The quantitative estimate of drug-likeness (QED) is 0.787. The maximum atomic E-state index is 12.2. The highest BCUT2D eigenvalue weighted by atomic mass is 16.5. The Hall–Kier alpha value is -2.66. The topological polar surface area (TPSA) is 56.1 Å². The first kappa shape index (κ1) is 14.3. The van der Waals surface area contributed by atoms with E-state index >= 15 is 0 Å². The molecule has 2 aromatic heterocycles. The number of fused-ring (bicyclic) bond motifs is 1. The zero-order chi connectivity index (χ0) is 15.4. The lowest BCUT2D eigenvalue weighted by molar-refractivity contribution is 0.102. The molecule has 0 atom stereocenters. The van der Waals surface area contributed by atoms with Crippen LogP contribution in [0, 0.1) is 0 Å². The summed E-state index contributed by atoms with van der Waals surface area (Å²) in [6.45, 7) is 1.42. The summed E-state index contributed by atoms with van der Waals surface area (Å²) in [5.41, 5.74) is 2.25. The van der Waals surface area contributed by atoms with Gasteiger partial charge in [-0.2, -0.15) is 0 Å². The second-order valence-electron chi connectivity index (χ2n) is 4.91. The molecule has 2 heterocycles. The zero-order valence-corrected chi connectivity index (χ0v) is 12.3. The van der Waals surface area contributed by atoms with Crippen molar-refractivity contribution in [2.24, 2.45) is 0 Å². The maximum Gasteiger partial charge on any atom is 0.274 e. The first-order valence-corrected chi connectivity index (χ1v) is 7.09. The molecule has 0 saturated heterocycles. The molecule has 0 aliphatic carbocycles. The minimum atomic E-state index is -0.210. The molecular weight excluding hydrogens is 278 g/mol. The Morgan fingerprint density at radius 3 is 2.91 bits per heavy atom. The van der Waals surface area contributed by atoms with Gasteiger partial charge in [0.1, 0.15) is 5.69 Å². The molecule has 0 saturated carbocycles. The molecule has 0 aliphatic heterocycles. The van der Waals surface area contributed by atoms with Crippen LogP contribution in [0.5, 0.6) is 0 Å². The Balaban J connectivity index is 1.88. The van der Waals surface area contributed by atoms with E-state index < -0.39 is 0 Å². The standard InChI is InChI=1S/C17H17N3O2/c1-22-12-11-20-10-8-13-14(6-4-7-16(13)20)19-17(21)15-5-2-3-9-18-15/h2-10H,11-12H2,1H3,(H,19,21). The van der Waals surface area contributed by atoms with Gasteiger partial charge in [0.15, 0.2) is 0 Å². The molecule has 1 N–H and O–H groups in total. The number of hydrogen-bond acceptors (Lipinski definition) is 3. The second kappa shape index (κ2) is 6.41. The number of hydrogen-bond donors (Lipinski definition) is 1. The number of rotatable bonds is 5. The van der Waals surface area contributed by atoms with Crippen LogP contribution in [-0.2, 0) is 11.3 Å². The van der Waals surface area contributed by atoms with Crippen molar-refractivity contribution < 1.29 is 9.53 Å². The van der Waals surface area contributed by atoms with Crippen molar-refractivity contribution in [1.82, 2.24) is 9.55 Å². The fraction of sp³-hybridized carbons (Fsp3) is 0.176. The van der Waals surface area contributed by atoms with E-state index in [1.54, 1.807) is 31.5 Å².